The van der Waals surface area contributed by atoms with E-state index >= 15 is 0 Å². The van der Waals surface area contributed by atoms with Crippen LogP contribution in [0.1, 0.15) is 60.3 Å². The van der Waals surface area contributed by atoms with Crippen molar-refractivity contribution in [1.29, 1.82) is 0 Å². The van der Waals surface area contributed by atoms with Crippen LogP contribution < -0.4 is 5.32 Å². The molecule has 2 aliphatic rings. The highest BCUT2D eigenvalue weighted by Crippen LogP contribution is 2.36. The minimum atomic E-state index is 0.738. The first kappa shape index (κ1) is 16.3. The van der Waals surface area contributed by atoms with Gasteiger partial charge in [0.25, 0.3) is 0 Å². The maximum absolute atomic E-state index is 3.85. The zero-order chi connectivity index (χ0) is 14.7. The molecule has 2 rings (SSSR count). The fraction of sp³-hybridized carbons (Fsp3) is 1.00. The third-order valence-electron chi connectivity index (χ3n) is 5.94. The van der Waals surface area contributed by atoms with Crippen LogP contribution >= 0.6 is 0 Å². The summed E-state index contributed by atoms with van der Waals surface area (Å²) in [5.74, 6) is 3.54. The average Bonchev–Trinajstić information content (AvgIpc) is 2.76. The fourth-order valence-corrected chi connectivity index (χ4v) is 4.20. The van der Waals surface area contributed by atoms with Crippen molar-refractivity contribution in [2.75, 3.05) is 19.6 Å². The van der Waals surface area contributed by atoms with Crippen LogP contribution in [0.25, 0.3) is 0 Å². The number of hydrogen-bond acceptors (Lipinski definition) is 2. The molecule has 0 spiro atoms. The second-order valence-corrected chi connectivity index (χ2v) is 7.85. The van der Waals surface area contributed by atoms with Gasteiger partial charge in [-0.25, -0.2) is 0 Å². The molecule has 0 bridgehead atoms. The molecule has 0 amide bonds. The van der Waals surface area contributed by atoms with Crippen LogP contribution in [0, 0.1) is 23.7 Å². The molecular formula is C18H36N2. The summed E-state index contributed by atoms with van der Waals surface area (Å²) in [6.45, 7) is 15.8. The highest BCUT2D eigenvalue weighted by molar-refractivity contribution is 4.95. The lowest BCUT2D eigenvalue weighted by molar-refractivity contribution is 0.0972. The fourth-order valence-electron chi connectivity index (χ4n) is 4.20. The van der Waals surface area contributed by atoms with Gasteiger partial charge in [0, 0.05) is 25.2 Å². The first-order valence-corrected chi connectivity index (χ1v) is 9.00. The summed E-state index contributed by atoms with van der Waals surface area (Å²) in [4.78, 5) is 2.82. The Balaban J connectivity index is 2.01. The van der Waals surface area contributed by atoms with Gasteiger partial charge in [0.1, 0.15) is 0 Å². The Labute approximate surface area is 126 Å². The van der Waals surface area contributed by atoms with Crippen LogP contribution in [0.15, 0.2) is 0 Å². The summed E-state index contributed by atoms with van der Waals surface area (Å²) in [7, 11) is 0. The molecule has 5 unspecified atom stereocenters. The summed E-state index contributed by atoms with van der Waals surface area (Å²) in [5.41, 5.74) is 0. The Kier molecular flexibility index (Phi) is 5.92. The molecule has 1 aliphatic heterocycles. The Morgan fingerprint density at radius 2 is 1.75 bits per heavy atom. The molecule has 1 aliphatic carbocycles. The molecule has 1 saturated heterocycles. The maximum atomic E-state index is 3.85. The Hall–Kier alpha value is -0.0800. The molecule has 5 atom stereocenters. The van der Waals surface area contributed by atoms with E-state index in [1.54, 1.807) is 0 Å². The number of rotatable bonds is 5. The molecule has 118 valence electrons. The Morgan fingerprint density at radius 3 is 2.30 bits per heavy atom. The van der Waals surface area contributed by atoms with Gasteiger partial charge in [0.2, 0.25) is 0 Å². The number of hydrogen-bond donors (Lipinski definition) is 1. The lowest BCUT2D eigenvalue weighted by atomic mass is 9.76. The lowest BCUT2D eigenvalue weighted by Crippen LogP contribution is -2.53. The molecular weight excluding hydrogens is 244 g/mol. The predicted octanol–water partition coefficient (Wildman–Crippen LogP) is 3.77. The predicted molar refractivity (Wildman–Crippen MR) is 87.9 cm³/mol. The Morgan fingerprint density at radius 1 is 1.10 bits per heavy atom. The standard InChI is InChI=1S/C18H36N2/c1-6-9-19-17-8-7-16(13(2)3)10-18(17)20-11-14(4)15(5)12-20/h13-19H,6-12H2,1-5H3. The highest BCUT2D eigenvalue weighted by atomic mass is 15.2. The molecule has 0 aromatic rings. The molecule has 0 aromatic carbocycles. The van der Waals surface area contributed by atoms with Crippen LogP contribution in [0.3, 0.4) is 0 Å². The van der Waals surface area contributed by atoms with Gasteiger partial charge in [0.05, 0.1) is 0 Å². The van der Waals surface area contributed by atoms with E-state index in [1.165, 1.54) is 45.3 Å². The topological polar surface area (TPSA) is 15.3 Å². The van der Waals surface area contributed by atoms with Crippen LogP contribution in [-0.2, 0) is 0 Å². The van der Waals surface area contributed by atoms with Crippen molar-refractivity contribution in [3.05, 3.63) is 0 Å². The smallest absolute Gasteiger partial charge is 0.0252 e. The summed E-state index contributed by atoms with van der Waals surface area (Å²) in [5, 5.41) is 3.85. The van der Waals surface area contributed by atoms with E-state index < -0.39 is 0 Å². The van der Waals surface area contributed by atoms with Crippen molar-refractivity contribution in [2.45, 2.75) is 72.4 Å². The monoisotopic (exact) mass is 280 g/mol. The van der Waals surface area contributed by atoms with Gasteiger partial charge in [0.15, 0.2) is 0 Å². The molecule has 1 saturated carbocycles. The molecule has 2 heteroatoms. The second-order valence-electron chi connectivity index (χ2n) is 7.85. The van der Waals surface area contributed by atoms with Crippen LogP contribution in [0.4, 0.5) is 0 Å². The molecule has 0 radical (unpaired) electrons. The van der Waals surface area contributed by atoms with E-state index in [0.29, 0.717) is 0 Å². The van der Waals surface area contributed by atoms with E-state index in [1.807, 2.05) is 0 Å². The highest BCUT2D eigenvalue weighted by Gasteiger charge is 2.39. The Bertz CT molecular complexity index is 279. The zero-order valence-electron chi connectivity index (χ0n) is 14.4. The van der Waals surface area contributed by atoms with Crippen LogP contribution in [0.2, 0.25) is 0 Å². The summed E-state index contributed by atoms with van der Waals surface area (Å²) >= 11 is 0. The van der Waals surface area contributed by atoms with Crippen molar-refractivity contribution < 1.29 is 0 Å². The van der Waals surface area contributed by atoms with Gasteiger partial charge in [-0.05, 0) is 55.9 Å². The third-order valence-corrected chi connectivity index (χ3v) is 5.94. The van der Waals surface area contributed by atoms with Gasteiger partial charge in [-0.3, -0.25) is 4.90 Å². The van der Waals surface area contributed by atoms with Crippen molar-refractivity contribution in [2.24, 2.45) is 23.7 Å². The van der Waals surface area contributed by atoms with Gasteiger partial charge in [-0.15, -0.1) is 0 Å². The maximum Gasteiger partial charge on any atom is 0.0252 e. The zero-order valence-corrected chi connectivity index (χ0v) is 14.4. The van der Waals surface area contributed by atoms with Gasteiger partial charge in [-0.1, -0.05) is 34.6 Å². The number of nitrogens with zero attached hydrogens (tertiary/aromatic N) is 1. The van der Waals surface area contributed by atoms with Crippen LogP contribution in [-0.4, -0.2) is 36.6 Å². The second kappa shape index (κ2) is 7.26. The van der Waals surface area contributed by atoms with E-state index in [0.717, 1.165) is 35.8 Å². The van der Waals surface area contributed by atoms with Crippen molar-refractivity contribution in [1.82, 2.24) is 10.2 Å². The molecule has 2 fully saturated rings. The first-order valence-electron chi connectivity index (χ1n) is 9.00. The molecule has 2 nitrogen and oxygen atoms in total. The van der Waals surface area contributed by atoms with Crippen molar-refractivity contribution in [3.8, 4) is 0 Å². The van der Waals surface area contributed by atoms with E-state index in [4.69, 9.17) is 0 Å². The number of nitrogens with one attached hydrogen (secondary N) is 1. The summed E-state index contributed by atoms with van der Waals surface area (Å²) in [6.07, 6.45) is 5.48. The van der Waals surface area contributed by atoms with Gasteiger partial charge in [-0.2, -0.15) is 0 Å². The molecule has 20 heavy (non-hydrogen) atoms. The van der Waals surface area contributed by atoms with Gasteiger partial charge < -0.3 is 5.32 Å². The minimum absolute atomic E-state index is 0.738. The quantitative estimate of drug-likeness (QED) is 0.825. The summed E-state index contributed by atoms with van der Waals surface area (Å²) < 4.78 is 0. The minimum Gasteiger partial charge on any atom is -0.312 e. The van der Waals surface area contributed by atoms with Crippen molar-refractivity contribution in [3.63, 3.8) is 0 Å². The van der Waals surface area contributed by atoms with Gasteiger partial charge >= 0.3 is 0 Å². The largest absolute Gasteiger partial charge is 0.312 e. The SMILES string of the molecule is CCCNC1CCC(C(C)C)CC1N1CC(C)C(C)C1. The van der Waals surface area contributed by atoms with E-state index in [9.17, 15) is 0 Å². The lowest BCUT2D eigenvalue weighted by Gasteiger charge is -2.43. The summed E-state index contributed by atoms with van der Waals surface area (Å²) in [6, 6.07) is 1.53. The van der Waals surface area contributed by atoms with Crippen LogP contribution in [0.5, 0.6) is 0 Å². The van der Waals surface area contributed by atoms with E-state index in [-0.39, 0.29) is 0 Å². The third kappa shape index (κ3) is 3.76. The van der Waals surface area contributed by atoms with E-state index in [2.05, 4.69) is 44.8 Å². The normalized spacial score (nSPS) is 39.6. The van der Waals surface area contributed by atoms with Crippen molar-refractivity contribution >= 4 is 0 Å². The molecule has 1 heterocycles. The molecule has 0 aromatic heterocycles. The number of likely N-dealkylation sites (tertiary alicyclic amines) is 1. The molecule has 1 N–H and O–H groups in total. The first-order chi connectivity index (χ1) is 9.52. The average molecular weight is 280 g/mol.